The smallest absolute Gasteiger partial charge is 0.166 e. The van der Waals surface area contributed by atoms with Gasteiger partial charge in [-0.15, -0.1) is 0 Å². The number of ether oxygens (including phenoxy) is 1. The molecule has 0 unspecified atom stereocenters. The quantitative estimate of drug-likeness (QED) is 0.369. The lowest BCUT2D eigenvalue weighted by atomic mass is 10.2. The van der Waals surface area contributed by atoms with Crippen molar-refractivity contribution in [3.8, 4) is 5.69 Å². The zero-order valence-corrected chi connectivity index (χ0v) is 15.7. The number of hydrogen-bond donors (Lipinski definition) is 2. The van der Waals surface area contributed by atoms with Gasteiger partial charge in [-0.2, -0.15) is 0 Å². The lowest BCUT2D eigenvalue weighted by Crippen LogP contribution is -2.06. The average Bonchev–Trinajstić information content (AvgIpc) is 3.32. The number of H-pyrrole nitrogens is 1. The van der Waals surface area contributed by atoms with Crippen LogP contribution in [0.5, 0.6) is 0 Å². The summed E-state index contributed by atoms with van der Waals surface area (Å²) in [6.45, 7) is 5.63. The molecule has 0 aliphatic heterocycles. The maximum absolute atomic E-state index is 6.21. The summed E-state index contributed by atoms with van der Waals surface area (Å²) in [5.41, 5.74) is 10.9. The highest BCUT2D eigenvalue weighted by atomic mass is 32.2. The lowest BCUT2D eigenvalue weighted by Gasteiger charge is -2.09. The van der Waals surface area contributed by atoms with Crippen molar-refractivity contribution in [2.75, 3.05) is 12.9 Å². The van der Waals surface area contributed by atoms with Crippen molar-refractivity contribution in [3.05, 3.63) is 78.5 Å². The molecule has 0 saturated carbocycles. The van der Waals surface area contributed by atoms with Crippen LogP contribution in [0.2, 0.25) is 0 Å². The van der Waals surface area contributed by atoms with E-state index in [0.717, 1.165) is 38.9 Å². The molecule has 0 saturated heterocycles. The van der Waals surface area contributed by atoms with Crippen molar-refractivity contribution in [1.82, 2.24) is 14.5 Å². The van der Waals surface area contributed by atoms with Gasteiger partial charge in [0.2, 0.25) is 0 Å². The molecule has 0 aliphatic carbocycles. The second-order valence-electron chi connectivity index (χ2n) is 5.74. The number of nitrogens with two attached hydrogens (primary N) is 1. The van der Waals surface area contributed by atoms with E-state index in [1.807, 2.05) is 37.5 Å². The Morgan fingerprint density at radius 1 is 1.38 bits per heavy atom. The first kappa shape index (κ1) is 17.9. The minimum Gasteiger partial charge on any atom is -0.496 e. The van der Waals surface area contributed by atoms with E-state index >= 15 is 0 Å². The lowest BCUT2D eigenvalue weighted by molar-refractivity contribution is 0.300. The fourth-order valence-electron chi connectivity index (χ4n) is 2.57. The van der Waals surface area contributed by atoms with E-state index in [-0.39, 0.29) is 0 Å². The summed E-state index contributed by atoms with van der Waals surface area (Å²) in [6.07, 6.45) is 7.52. The van der Waals surface area contributed by atoms with E-state index in [2.05, 4.69) is 33.2 Å². The van der Waals surface area contributed by atoms with E-state index in [1.54, 1.807) is 31.0 Å². The van der Waals surface area contributed by atoms with Crippen LogP contribution in [0.3, 0.4) is 0 Å². The monoisotopic (exact) mass is 366 g/mol. The Morgan fingerprint density at radius 2 is 2.15 bits per heavy atom. The number of benzene rings is 1. The van der Waals surface area contributed by atoms with E-state index in [1.165, 1.54) is 0 Å². The fraction of sp³-hybridized carbons (Fsp3) is 0.150. The van der Waals surface area contributed by atoms with Crippen molar-refractivity contribution < 1.29 is 4.74 Å². The van der Waals surface area contributed by atoms with Crippen molar-refractivity contribution in [2.45, 2.75) is 12.1 Å². The molecule has 0 fully saturated rings. The maximum Gasteiger partial charge on any atom is 0.166 e. The molecule has 0 radical (unpaired) electrons. The molecule has 3 N–H and O–H groups in total. The van der Waals surface area contributed by atoms with Crippen LogP contribution >= 0.6 is 11.8 Å². The molecule has 0 atom stereocenters. The highest BCUT2D eigenvalue weighted by Crippen LogP contribution is 2.24. The summed E-state index contributed by atoms with van der Waals surface area (Å²) < 4.78 is 7.40. The first-order valence-corrected chi connectivity index (χ1v) is 9.19. The van der Waals surface area contributed by atoms with Gasteiger partial charge in [0.05, 0.1) is 18.1 Å². The molecule has 1 aromatic carbocycles. The number of fused-ring (bicyclic) bond motifs is 1. The van der Waals surface area contributed by atoms with Gasteiger partial charge >= 0.3 is 0 Å². The highest BCUT2D eigenvalue weighted by Gasteiger charge is 2.09. The highest BCUT2D eigenvalue weighted by molar-refractivity contribution is 7.99. The summed E-state index contributed by atoms with van der Waals surface area (Å²) in [6, 6.07) is 10.2. The second-order valence-corrected chi connectivity index (χ2v) is 6.71. The number of methoxy groups -OCH3 is 1. The molecule has 5 nitrogen and oxygen atoms in total. The van der Waals surface area contributed by atoms with Gasteiger partial charge in [-0.3, -0.25) is 0 Å². The summed E-state index contributed by atoms with van der Waals surface area (Å²) in [7, 11) is 1.63. The molecular formula is C20H22N4OS. The first-order valence-electron chi connectivity index (χ1n) is 8.20. The molecule has 3 aromatic rings. The van der Waals surface area contributed by atoms with Crippen LogP contribution in [-0.2, 0) is 4.74 Å². The van der Waals surface area contributed by atoms with Crippen LogP contribution < -0.4 is 5.73 Å². The van der Waals surface area contributed by atoms with E-state index in [0.29, 0.717) is 5.75 Å². The molecule has 6 heteroatoms. The molecule has 2 aromatic heterocycles. The number of hydrogen-bond acceptors (Lipinski definition) is 4. The predicted molar refractivity (Wildman–Crippen MR) is 108 cm³/mol. The zero-order valence-electron chi connectivity index (χ0n) is 14.9. The third-order valence-corrected chi connectivity index (χ3v) is 4.97. The molecule has 3 rings (SSSR count). The largest absolute Gasteiger partial charge is 0.496 e. The van der Waals surface area contributed by atoms with Crippen LogP contribution in [-0.4, -0.2) is 27.4 Å². The van der Waals surface area contributed by atoms with Gasteiger partial charge in [-0.05, 0) is 43.3 Å². The number of imidazole rings is 1. The minimum atomic E-state index is 0.619. The Labute approximate surface area is 157 Å². The Kier molecular flexibility index (Phi) is 5.53. The van der Waals surface area contributed by atoms with Crippen molar-refractivity contribution in [2.24, 2.45) is 5.73 Å². The van der Waals surface area contributed by atoms with Gasteiger partial charge in [0.25, 0.3) is 0 Å². The summed E-state index contributed by atoms with van der Waals surface area (Å²) >= 11 is 1.57. The van der Waals surface area contributed by atoms with Crippen LogP contribution in [0.15, 0.2) is 83.6 Å². The minimum absolute atomic E-state index is 0.619. The van der Waals surface area contributed by atoms with E-state index < -0.39 is 0 Å². The first-order chi connectivity index (χ1) is 12.6. The third kappa shape index (κ3) is 3.86. The number of allylic oxidation sites excluding steroid dienone is 3. The maximum atomic E-state index is 6.21. The predicted octanol–water partition coefficient (Wildman–Crippen LogP) is 4.39. The third-order valence-electron chi connectivity index (χ3n) is 4.05. The van der Waals surface area contributed by atoms with Crippen molar-refractivity contribution in [1.29, 1.82) is 0 Å². The van der Waals surface area contributed by atoms with Crippen LogP contribution in [0.1, 0.15) is 6.92 Å². The number of nitrogens with one attached hydrogen (secondary N) is 1. The van der Waals surface area contributed by atoms with Gasteiger partial charge in [-0.25, -0.2) is 4.98 Å². The summed E-state index contributed by atoms with van der Waals surface area (Å²) in [5.74, 6) is 1.34. The van der Waals surface area contributed by atoms with Crippen LogP contribution in [0.4, 0.5) is 0 Å². The summed E-state index contributed by atoms with van der Waals surface area (Å²) in [5, 5.41) is 0.840. The van der Waals surface area contributed by atoms with E-state index in [4.69, 9.17) is 10.5 Å². The van der Waals surface area contributed by atoms with Crippen LogP contribution in [0.25, 0.3) is 16.7 Å². The SMILES string of the molecule is C=C/C=C(OC)\C(C)=C(/N)CSc1nc2cc(-n3cccc3)ccc2[nH]1. The van der Waals surface area contributed by atoms with E-state index in [9.17, 15) is 0 Å². The fourth-order valence-corrected chi connectivity index (χ4v) is 3.43. The molecule has 0 amide bonds. The molecule has 26 heavy (non-hydrogen) atoms. The molecule has 0 bridgehead atoms. The van der Waals surface area contributed by atoms with Crippen molar-refractivity contribution >= 4 is 22.8 Å². The van der Waals surface area contributed by atoms with Gasteiger partial charge in [-0.1, -0.05) is 24.4 Å². The standard InChI is InChI=1S/C20H22N4OS/c1-4-7-19(25-3)14(2)16(21)13-26-20-22-17-9-8-15(12-18(17)23-20)24-10-5-6-11-24/h4-12H,1,13,21H2,2-3H3,(H,22,23)/b16-14-,19-7+. The molecule has 134 valence electrons. The van der Waals surface area contributed by atoms with Gasteiger partial charge < -0.3 is 20.0 Å². The molecule has 0 aliphatic rings. The Morgan fingerprint density at radius 3 is 2.85 bits per heavy atom. The van der Waals surface area contributed by atoms with Crippen molar-refractivity contribution in [3.63, 3.8) is 0 Å². The Bertz CT molecular complexity index is 967. The number of aromatic amines is 1. The topological polar surface area (TPSA) is 68.9 Å². The molecule has 2 heterocycles. The number of aromatic nitrogens is 3. The average molecular weight is 366 g/mol. The van der Waals surface area contributed by atoms with Gasteiger partial charge in [0.1, 0.15) is 5.76 Å². The normalized spacial score (nSPS) is 12.9. The summed E-state index contributed by atoms with van der Waals surface area (Å²) in [4.78, 5) is 8.00. The van der Waals surface area contributed by atoms with Crippen LogP contribution in [0, 0.1) is 0 Å². The number of rotatable bonds is 7. The Hall–Kier alpha value is -2.86. The van der Waals surface area contributed by atoms with Gasteiger partial charge in [0.15, 0.2) is 5.16 Å². The Balaban J connectivity index is 1.77. The molecular weight excluding hydrogens is 344 g/mol. The van der Waals surface area contributed by atoms with Gasteiger partial charge in [0, 0.05) is 35.1 Å². The number of thioether (sulfide) groups is 1. The zero-order chi connectivity index (χ0) is 18.5. The second kappa shape index (κ2) is 8.01. The number of nitrogens with zero attached hydrogens (tertiary/aromatic N) is 2. The molecule has 0 spiro atoms.